The van der Waals surface area contributed by atoms with Crippen molar-refractivity contribution in [3.63, 3.8) is 0 Å². The lowest BCUT2D eigenvalue weighted by atomic mass is 10.1. The zero-order chi connectivity index (χ0) is 13.8. The first-order valence-corrected chi connectivity index (χ1v) is 6.48. The van der Waals surface area contributed by atoms with Crippen LogP contribution in [0.4, 0.5) is 4.39 Å². The van der Waals surface area contributed by atoms with E-state index in [0.717, 1.165) is 0 Å². The minimum Gasteiger partial charge on any atom is -0.484 e. The van der Waals surface area contributed by atoms with Crippen molar-refractivity contribution in [2.24, 2.45) is 0 Å². The van der Waals surface area contributed by atoms with E-state index < -0.39 is 5.82 Å². The highest BCUT2D eigenvalue weighted by Crippen LogP contribution is 2.21. The molecule has 0 saturated carbocycles. The van der Waals surface area contributed by atoms with Crippen molar-refractivity contribution in [1.29, 1.82) is 0 Å². The van der Waals surface area contributed by atoms with Gasteiger partial charge in [0.2, 0.25) is 0 Å². The lowest BCUT2D eigenvalue weighted by Crippen LogP contribution is -2.42. The predicted octanol–water partition coefficient (Wildman–Crippen LogP) is 1.84. The predicted molar refractivity (Wildman–Crippen MR) is 68.7 cm³/mol. The molecule has 1 saturated heterocycles. The maximum Gasteiger partial charge on any atom is 0.260 e. The first-order valence-electron chi connectivity index (χ1n) is 6.10. The Morgan fingerprint density at radius 3 is 2.79 bits per heavy atom. The van der Waals surface area contributed by atoms with E-state index in [2.05, 4.69) is 0 Å². The van der Waals surface area contributed by atoms with Crippen LogP contribution in [0.15, 0.2) is 18.2 Å². The number of carbonyl (C=O) groups excluding carboxylic acids is 1. The van der Waals surface area contributed by atoms with Crippen LogP contribution in [0.3, 0.4) is 0 Å². The summed E-state index contributed by atoms with van der Waals surface area (Å²) in [6.45, 7) is 0.957. The largest absolute Gasteiger partial charge is 0.484 e. The van der Waals surface area contributed by atoms with Crippen molar-refractivity contribution in [3.05, 3.63) is 29.0 Å². The molecular formula is C13H15ClFNO3. The van der Waals surface area contributed by atoms with Gasteiger partial charge >= 0.3 is 0 Å². The van der Waals surface area contributed by atoms with Crippen LogP contribution in [0.2, 0.25) is 5.02 Å². The molecule has 0 spiro atoms. The summed E-state index contributed by atoms with van der Waals surface area (Å²) in [5, 5.41) is 9.32. The monoisotopic (exact) mass is 287 g/mol. The van der Waals surface area contributed by atoms with Gasteiger partial charge in [-0.3, -0.25) is 4.79 Å². The van der Waals surface area contributed by atoms with Crippen LogP contribution in [-0.4, -0.2) is 41.7 Å². The third-order valence-electron chi connectivity index (χ3n) is 3.07. The lowest BCUT2D eigenvalue weighted by Gasteiger charge is -2.29. The number of carbonyl (C=O) groups is 1. The van der Waals surface area contributed by atoms with Gasteiger partial charge in [-0.25, -0.2) is 4.39 Å². The molecular weight excluding hydrogens is 273 g/mol. The van der Waals surface area contributed by atoms with Crippen molar-refractivity contribution in [2.45, 2.75) is 18.9 Å². The molecule has 0 radical (unpaired) electrons. The van der Waals surface area contributed by atoms with Crippen LogP contribution in [0.1, 0.15) is 12.8 Å². The Kier molecular flexibility index (Phi) is 4.61. The van der Waals surface area contributed by atoms with Gasteiger partial charge in [-0.15, -0.1) is 0 Å². The molecule has 0 bridgehead atoms. The van der Waals surface area contributed by atoms with Crippen LogP contribution in [0.25, 0.3) is 0 Å². The molecule has 6 heteroatoms. The number of hydrogen-bond acceptors (Lipinski definition) is 3. The van der Waals surface area contributed by atoms with E-state index in [9.17, 15) is 14.3 Å². The highest BCUT2D eigenvalue weighted by atomic mass is 35.5. The van der Waals surface area contributed by atoms with Gasteiger partial charge in [-0.1, -0.05) is 11.6 Å². The summed E-state index contributed by atoms with van der Waals surface area (Å²) in [5.41, 5.74) is 0. The average molecular weight is 288 g/mol. The molecule has 0 atom stereocenters. The summed E-state index contributed by atoms with van der Waals surface area (Å²) in [7, 11) is 0. The molecule has 19 heavy (non-hydrogen) atoms. The van der Waals surface area contributed by atoms with E-state index in [4.69, 9.17) is 16.3 Å². The van der Waals surface area contributed by atoms with E-state index in [1.165, 1.54) is 18.2 Å². The second-order valence-electron chi connectivity index (χ2n) is 4.48. The number of amides is 1. The topological polar surface area (TPSA) is 49.8 Å². The van der Waals surface area contributed by atoms with E-state index in [-0.39, 0.29) is 23.6 Å². The molecule has 1 aromatic rings. The summed E-state index contributed by atoms with van der Waals surface area (Å²) >= 11 is 5.62. The van der Waals surface area contributed by atoms with Crippen molar-refractivity contribution in [2.75, 3.05) is 19.7 Å². The molecule has 1 fully saturated rings. The minimum absolute atomic E-state index is 0.0361. The van der Waals surface area contributed by atoms with Gasteiger partial charge in [-0.05, 0) is 25.0 Å². The smallest absolute Gasteiger partial charge is 0.260 e. The fraction of sp³-hybridized carbons (Fsp3) is 0.462. The van der Waals surface area contributed by atoms with Gasteiger partial charge in [0.15, 0.2) is 6.61 Å². The second-order valence-corrected chi connectivity index (χ2v) is 4.88. The number of nitrogens with zero attached hydrogens (tertiary/aromatic N) is 1. The zero-order valence-corrected chi connectivity index (χ0v) is 11.1. The van der Waals surface area contributed by atoms with Crippen LogP contribution in [0.5, 0.6) is 5.75 Å². The zero-order valence-electron chi connectivity index (χ0n) is 10.3. The number of halogens is 2. The molecule has 1 heterocycles. The maximum atomic E-state index is 12.9. The number of aliphatic hydroxyl groups is 1. The van der Waals surface area contributed by atoms with Crippen molar-refractivity contribution >= 4 is 17.5 Å². The lowest BCUT2D eigenvalue weighted by molar-refractivity contribution is -0.135. The van der Waals surface area contributed by atoms with Crippen LogP contribution in [0, 0.1) is 5.82 Å². The molecule has 0 unspecified atom stereocenters. The quantitative estimate of drug-likeness (QED) is 0.923. The van der Waals surface area contributed by atoms with Gasteiger partial charge in [-0.2, -0.15) is 0 Å². The van der Waals surface area contributed by atoms with E-state index in [1.807, 2.05) is 0 Å². The number of likely N-dealkylation sites (tertiary alicyclic amines) is 1. The maximum absolute atomic E-state index is 12.9. The summed E-state index contributed by atoms with van der Waals surface area (Å²) in [5.74, 6) is -0.311. The highest BCUT2D eigenvalue weighted by Gasteiger charge is 2.21. The Labute approximate surface area is 115 Å². The van der Waals surface area contributed by atoms with Crippen molar-refractivity contribution in [1.82, 2.24) is 4.90 Å². The number of rotatable bonds is 3. The molecule has 1 aliphatic heterocycles. The van der Waals surface area contributed by atoms with Gasteiger partial charge in [0.05, 0.1) is 11.1 Å². The second kappa shape index (κ2) is 6.21. The normalized spacial score (nSPS) is 16.5. The SMILES string of the molecule is O=C(COc1ccc(F)c(Cl)c1)N1CCC(O)CC1. The van der Waals surface area contributed by atoms with Crippen LogP contribution in [-0.2, 0) is 4.79 Å². The molecule has 0 aliphatic carbocycles. The van der Waals surface area contributed by atoms with Crippen LogP contribution < -0.4 is 4.74 Å². The summed E-state index contributed by atoms with van der Waals surface area (Å²) in [6, 6.07) is 3.96. The standard InChI is InChI=1S/C13H15ClFNO3/c14-11-7-10(1-2-12(11)15)19-8-13(18)16-5-3-9(17)4-6-16/h1-2,7,9,17H,3-6,8H2. The Balaban J connectivity index is 1.84. The molecule has 0 aromatic heterocycles. The summed E-state index contributed by atoms with van der Waals surface area (Å²) in [4.78, 5) is 13.5. The Hall–Kier alpha value is -1.33. The number of piperidine rings is 1. The summed E-state index contributed by atoms with van der Waals surface area (Å²) < 4.78 is 18.2. The number of benzene rings is 1. The number of aliphatic hydroxyl groups excluding tert-OH is 1. The molecule has 2 rings (SSSR count). The molecule has 1 N–H and O–H groups in total. The fourth-order valence-corrected chi connectivity index (χ4v) is 2.09. The number of hydrogen-bond donors (Lipinski definition) is 1. The first-order chi connectivity index (χ1) is 9.06. The van der Waals surface area contributed by atoms with Gasteiger partial charge in [0.1, 0.15) is 11.6 Å². The Morgan fingerprint density at radius 2 is 2.16 bits per heavy atom. The number of ether oxygens (including phenoxy) is 1. The van der Waals surface area contributed by atoms with Crippen molar-refractivity contribution in [3.8, 4) is 5.75 Å². The van der Waals surface area contributed by atoms with Crippen molar-refractivity contribution < 1.29 is 19.0 Å². The van der Waals surface area contributed by atoms with Gasteiger partial charge in [0, 0.05) is 19.2 Å². The minimum atomic E-state index is -0.523. The molecule has 1 amide bonds. The highest BCUT2D eigenvalue weighted by molar-refractivity contribution is 6.30. The fourth-order valence-electron chi connectivity index (χ4n) is 1.92. The average Bonchev–Trinajstić information content (AvgIpc) is 2.40. The molecule has 1 aromatic carbocycles. The Bertz CT molecular complexity index is 461. The van der Waals surface area contributed by atoms with E-state index in [0.29, 0.717) is 31.7 Å². The van der Waals surface area contributed by atoms with Crippen LogP contribution >= 0.6 is 11.6 Å². The third-order valence-corrected chi connectivity index (χ3v) is 3.36. The van der Waals surface area contributed by atoms with E-state index >= 15 is 0 Å². The molecule has 104 valence electrons. The van der Waals surface area contributed by atoms with Gasteiger partial charge < -0.3 is 14.7 Å². The summed E-state index contributed by atoms with van der Waals surface area (Å²) in [6.07, 6.45) is 0.864. The van der Waals surface area contributed by atoms with E-state index in [1.54, 1.807) is 4.90 Å². The molecule has 1 aliphatic rings. The molecule has 4 nitrogen and oxygen atoms in total. The Morgan fingerprint density at radius 1 is 1.47 bits per heavy atom. The van der Waals surface area contributed by atoms with Gasteiger partial charge in [0.25, 0.3) is 5.91 Å². The first kappa shape index (κ1) is 14.1. The third kappa shape index (κ3) is 3.81.